The molecule has 2 unspecified atom stereocenters. The molecule has 1 saturated heterocycles. The van der Waals surface area contributed by atoms with Crippen molar-refractivity contribution in [3.8, 4) is 5.75 Å². The van der Waals surface area contributed by atoms with Gasteiger partial charge in [-0.25, -0.2) is 0 Å². The van der Waals surface area contributed by atoms with Crippen LogP contribution in [0.2, 0.25) is 0 Å². The summed E-state index contributed by atoms with van der Waals surface area (Å²) in [6, 6.07) is 5.12. The molecule has 1 aromatic carbocycles. The molecule has 0 amide bonds. The van der Waals surface area contributed by atoms with Crippen LogP contribution in [-0.2, 0) is 0 Å². The van der Waals surface area contributed by atoms with Crippen LogP contribution in [0.25, 0.3) is 0 Å². The maximum Gasteiger partial charge on any atom is 0.184 e. The Labute approximate surface area is 132 Å². The Bertz CT molecular complexity index is 616. The van der Waals surface area contributed by atoms with Gasteiger partial charge in [0.15, 0.2) is 10.8 Å². The quantitative estimate of drug-likeness (QED) is 0.779. The number of halogens is 1. The summed E-state index contributed by atoms with van der Waals surface area (Å²) in [5.74, 6) is 0.968. The molecule has 2 atom stereocenters. The van der Waals surface area contributed by atoms with Gasteiger partial charge in [-0.05, 0) is 66.5 Å². The third kappa shape index (κ3) is 1.79. The van der Waals surface area contributed by atoms with E-state index < -0.39 is 0 Å². The largest absolute Gasteiger partial charge is 0.467 e. The Kier molecular flexibility index (Phi) is 2.65. The number of rotatable bonds is 1. The van der Waals surface area contributed by atoms with Crippen LogP contribution in [0.5, 0.6) is 5.75 Å². The Hall–Kier alpha value is -0.810. The van der Waals surface area contributed by atoms with Gasteiger partial charge in [-0.15, -0.1) is 0 Å². The third-order valence-electron chi connectivity index (χ3n) is 4.44. The van der Waals surface area contributed by atoms with E-state index in [1.165, 1.54) is 24.0 Å². The highest BCUT2D eigenvalue weighted by Gasteiger charge is 2.52. The number of aryl methyl sites for hydroxylation is 1. The molecule has 3 nitrogen and oxygen atoms in total. The minimum atomic E-state index is -0.320. The van der Waals surface area contributed by atoms with Crippen molar-refractivity contribution in [1.29, 1.82) is 0 Å². The van der Waals surface area contributed by atoms with E-state index in [4.69, 9.17) is 17.0 Å². The minimum absolute atomic E-state index is 0.252. The highest BCUT2D eigenvalue weighted by Crippen LogP contribution is 2.49. The maximum absolute atomic E-state index is 6.41. The van der Waals surface area contributed by atoms with Gasteiger partial charge in [-0.3, -0.25) is 0 Å². The molecule has 0 aromatic heterocycles. The molecule has 20 heavy (non-hydrogen) atoms. The highest BCUT2D eigenvalue weighted by molar-refractivity contribution is 9.10. The average Bonchev–Trinajstić information content (AvgIpc) is 3.14. The minimum Gasteiger partial charge on any atom is -0.467 e. The first-order chi connectivity index (χ1) is 9.48. The lowest BCUT2D eigenvalue weighted by molar-refractivity contribution is -0.0727. The van der Waals surface area contributed by atoms with Crippen molar-refractivity contribution in [2.24, 2.45) is 0 Å². The molecule has 2 aliphatic heterocycles. The second-order valence-electron chi connectivity index (χ2n) is 6.25. The van der Waals surface area contributed by atoms with E-state index in [0.717, 1.165) is 21.8 Å². The summed E-state index contributed by atoms with van der Waals surface area (Å²) < 4.78 is 7.45. The van der Waals surface area contributed by atoms with Crippen molar-refractivity contribution in [2.45, 2.75) is 50.9 Å². The van der Waals surface area contributed by atoms with E-state index in [0.29, 0.717) is 6.04 Å². The number of ether oxygens (including phenoxy) is 1. The molecule has 2 bridgehead atoms. The molecule has 0 radical (unpaired) electrons. The molecule has 5 heteroatoms. The van der Waals surface area contributed by atoms with Gasteiger partial charge in [-0.2, -0.15) is 0 Å². The van der Waals surface area contributed by atoms with Crippen molar-refractivity contribution in [2.75, 3.05) is 0 Å². The SMILES string of the molecule is Cc1cc(Br)c2c(c1)C1CC(C)(O2)N(C2CC2)C(=S)N1. The number of benzene rings is 1. The van der Waals surface area contributed by atoms with Crippen LogP contribution in [0.4, 0.5) is 0 Å². The van der Waals surface area contributed by atoms with Gasteiger partial charge in [0.1, 0.15) is 5.75 Å². The Morgan fingerprint density at radius 1 is 1.45 bits per heavy atom. The average molecular weight is 353 g/mol. The van der Waals surface area contributed by atoms with Crippen molar-refractivity contribution >= 4 is 33.3 Å². The number of nitrogens with one attached hydrogen (secondary N) is 1. The van der Waals surface area contributed by atoms with E-state index in [2.05, 4.69) is 52.1 Å². The fourth-order valence-corrected chi connectivity index (χ4v) is 4.62. The number of thiocarbonyl (C=S) groups is 1. The lowest BCUT2D eigenvalue weighted by Gasteiger charge is -2.52. The van der Waals surface area contributed by atoms with Crippen LogP contribution in [-0.4, -0.2) is 21.8 Å². The van der Waals surface area contributed by atoms with E-state index in [1.54, 1.807) is 0 Å². The second kappa shape index (κ2) is 4.10. The summed E-state index contributed by atoms with van der Waals surface area (Å²) >= 11 is 9.24. The molecule has 1 aromatic rings. The number of fused-ring (bicyclic) bond motifs is 4. The van der Waals surface area contributed by atoms with Gasteiger partial charge in [0.2, 0.25) is 0 Å². The highest BCUT2D eigenvalue weighted by atomic mass is 79.9. The molecule has 2 heterocycles. The summed E-state index contributed by atoms with van der Waals surface area (Å²) in [6.07, 6.45) is 3.37. The van der Waals surface area contributed by atoms with Crippen LogP contribution in [0.15, 0.2) is 16.6 Å². The smallest absolute Gasteiger partial charge is 0.184 e. The van der Waals surface area contributed by atoms with Gasteiger partial charge >= 0.3 is 0 Å². The number of hydrogen-bond donors (Lipinski definition) is 1. The topological polar surface area (TPSA) is 24.5 Å². The fourth-order valence-electron chi connectivity index (χ4n) is 3.47. The van der Waals surface area contributed by atoms with Crippen molar-refractivity contribution in [3.05, 3.63) is 27.7 Å². The van der Waals surface area contributed by atoms with Crippen LogP contribution in [0.1, 0.15) is 43.4 Å². The first-order valence-electron chi connectivity index (χ1n) is 7.07. The molecular formula is C15H17BrN2OS. The second-order valence-corrected chi connectivity index (χ2v) is 7.49. The fraction of sp³-hybridized carbons (Fsp3) is 0.533. The number of hydrogen-bond acceptors (Lipinski definition) is 2. The van der Waals surface area contributed by atoms with Gasteiger partial charge in [0, 0.05) is 18.0 Å². The molecule has 1 saturated carbocycles. The van der Waals surface area contributed by atoms with Crippen LogP contribution in [0, 0.1) is 6.92 Å². The first kappa shape index (κ1) is 12.9. The zero-order valence-corrected chi connectivity index (χ0v) is 14.0. The monoisotopic (exact) mass is 352 g/mol. The van der Waals surface area contributed by atoms with Gasteiger partial charge in [0.25, 0.3) is 0 Å². The Morgan fingerprint density at radius 2 is 2.20 bits per heavy atom. The van der Waals surface area contributed by atoms with Crippen molar-refractivity contribution in [1.82, 2.24) is 10.2 Å². The van der Waals surface area contributed by atoms with Crippen LogP contribution < -0.4 is 10.1 Å². The lowest BCUT2D eigenvalue weighted by atomic mass is 9.89. The van der Waals surface area contributed by atoms with E-state index >= 15 is 0 Å². The summed E-state index contributed by atoms with van der Waals surface area (Å²) in [5.41, 5.74) is 2.13. The zero-order chi connectivity index (χ0) is 14.1. The molecule has 4 rings (SSSR count). The maximum atomic E-state index is 6.41. The standard InChI is InChI=1S/C15H17BrN2OS/c1-8-5-10-12-7-15(2,19-13(10)11(16)6-8)18(9-3-4-9)14(20)17-12/h5-6,9,12H,3-4,7H2,1-2H3,(H,17,20). The summed E-state index contributed by atoms with van der Waals surface area (Å²) in [4.78, 5) is 2.27. The number of nitrogens with zero attached hydrogens (tertiary/aromatic N) is 1. The van der Waals surface area contributed by atoms with Crippen molar-refractivity contribution in [3.63, 3.8) is 0 Å². The van der Waals surface area contributed by atoms with Crippen LogP contribution >= 0.6 is 28.1 Å². The van der Waals surface area contributed by atoms with Crippen molar-refractivity contribution < 1.29 is 4.74 Å². The molecule has 3 aliphatic rings. The predicted molar refractivity (Wildman–Crippen MR) is 85.9 cm³/mol. The Balaban J connectivity index is 1.83. The van der Waals surface area contributed by atoms with Gasteiger partial charge in [-0.1, -0.05) is 6.07 Å². The normalized spacial score (nSPS) is 31.4. The zero-order valence-electron chi connectivity index (χ0n) is 11.6. The van der Waals surface area contributed by atoms with Crippen LogP contribution in [0.3, 0.4) is 0 Å². The molecular weight excluding hydrogens is 336 g/mol. The van der Waals surface area contributed by atoms with Gasteiger partial charge in [0.05, 0.1) is 10.5 Å². The molecule has 106 valence electrons. The summed E-state index contributed by atoms with van der Waals surface area (Å²) in [5, 5.41) is 4.35. The van der Waals surface area contributed by atoms with Gasteiger partial charge < -0.3 is 15.0 Å². The van der Waals surface area contributed by atoms with E-state index in [1.807, 2.05) is 0 Å². The summed E-state index contributed by atoms with van der Waals surface area (Å²) in [7, 11) is 0. The van der Waals surface area contributed by atoms with E-state index in [-0.39, 0.29) is 11.8 Å². The summed E-state index contributed by atoms with van der Waals surface area (Å²) in [6.45, 7) is 4.27. The molecule has 1 aliphatic carbocycles. The molecule has 0 spiro atoms. The third-order valence-corrected chi connectivity index (χ3v) is 5.34. The van der Waals surface area contributed by atoms with E-state index in [9.17, 15) is 0 Å². The predicted octanol–water partition coefficient (Wildman–Crippen LogP) is 3.65. The molecule has 2 fully saturated rings. The Morgan fingerprint density at radius 3 is 2.90 bits per heavy atom. The molecule has 1 N–H and O–H groups in total. The first-order valence-corrected chi connectivity index (χ1v) is 8.27. The lowest BCUT2D eigenvalue weighted by Crippen LogP contribution is -2.65.